The number of rotatable bonds is 5. The van der Waals surface area contributed by atoms with Crippen molar-refractivity contribution >= 4 is 23.1 Å². The molecule has 2 heterocycles. The van der Waals surface area contributed by atoms with Gasteiger partial charge in [-0.05, 0) is 19.4 Å². The van der Waals surface area contributed by atoms with Gasteiger partial charge in [0.15, 0.2) is 0 Å². The maximum absolute atomic E-state index is 12.8. The fraction of sp³-hybridized carbons (Fsp3) is 0.176. The van der Waals surface area contributed by atoms with E-state index in [-0.39, 0.29) is 12.4 Å². The van der Waals surface area contributed by atoms with Crippen molar-refractivity contribution in [3.8, 4) is 5.00 Å². The molecule has 0 aliphatic heterocycles. The van der Waals surface area contributed by atoms with E-state index >= 15 is 0 Å². The minimum Gasteiger partial charge on any atom is -0.462 e. The standard InChI is InChI=1S/C17H15N3O3S/c1-3-23-17(22)13-11(2)15(14(21)12-7-5-4-6-8-12)24-16(13)20-10-9-18-19-20/h4-10H,3H2,1-2H3. The lowest BCUT2D eigenvalue weighted by Crippen LogP contribution is -2.10. The predicted octanol–water partition coefficient (Wildman–Crippen LogP) is 3.04. The molecule has 0 saturated heterocycles. The smallest absolute Gasteiger partial charge is 0.341 e. The maximum atomic E-state index is 12.8. The molecule has 3 rings (SSSR count). The van der Waals surface area contributed by atoms with Crippen LogP contribution in [-0.2, 0) is 4.74 Å². The van der Waals surface area contributed by atoms with Crippen molar-refractivity contribution < 1.29 is 14.3 Å². The van der Waals surface area contributed by atoms with E-state index in [1.54, 1.807) is 44.3 Å². The van der Waals surface area contributed by atoms with Crippen molar-refractivity contribution in [1.82, 2.24) is 15.0 Å². The SMILES string of the molecule is CCOC(=O)c1c(-n2ccnn2)sc(C(=O)c2ccccc2)c1C. The molecule has 0 aliphatic carbocycles. The number of aromatic nitrogens is 3. The number of benzene rings is 1. The number of nitrogens with zero attached hydrogens (tertiary/aromatic N) is 3. The summed E-state index contributed by atoms with van der Waals surface area (Å²) in [7, 11) is 0. The van der Waals surface area contributed by atoms with E-state index in [0.29, 0.717) is 26.6 Å². The van der Waals surface area contributed by atoms with Crippen LogP contribution in [0.3, 0.4) is 0 Å². The first kappa shape index (κ1) is 16.1. The lowest BCUT2D eigenvalue weighted by molar-refractivity contribution is 0.0526. The van der Waals surface area contributed by atoms with E-state index in [2.05, 4.69) is 10.3 Å². The maximum Gasteiger partial charge on any atom is 0.341 e. The van der Waals surface area contributed by atoms with Crippen LogP contribution >= 0.6 is 11.3 Å². The van der Waals surface area contributed by atoms with Gasteiger partial charge < -0.3 is 4.74 Å². The molecule has 0 N–H and O–H groups in total. The monoisotopic (exact) mass is 341 g/mol. The summed E-state index contributed by atoms with van der Waals surface area (Å²) < 4.78 is 6.62. The summed E-state index contributed by atoms with van der Waals surface area (Å²) in [6.07, 6.45) is 3.15. The first-order valence-electron chi connectivity index (χ1n) is 7.40. The van der Waals surface area contributed by atoms with Gasteiger partial charge in [0.25, 0.3) is 0 Å². The van der Waals surface area contributed by atoms with Crippen molar-refractivity contribution in [3.63, 3.8) is 0 Å². The fourth-order valence-corrected chi connectivity index (χ4v) is 3.55. The normalized spacial score (nSPS) is 10.6. The minimum atomic E-state index is -0.469. The lowest BCUT2D eigenvalue weighted by atomic mass is 10.0. The molecule has 2 aromatic heterocycles. The number of ether oxygens (including phenoxy) is 1. The van der Waals surface area contributed by atoms with Crippen molar-refractivity contribution in [3.05, 3.63) is 64.3 Å². The molecule has 122 valence electrons. The molecule has 0 aliphatic rings. The number of esters is 1. The molecule has 0 spiro atoms. The topological polar surface area (TPSA) is 74.1 Å². The number of carbonyl (C=O) groups is 2. The molecule has 0 radical (unpaired) electrons. The molecule has 3 aromatic rings. The average molecular weight is 341 g/mol. The molecule has 0 saturated carbocycles. The van der Waals surface area contributed by atoms with Crippen LogP contribution in [0.1, 0.15) is 38.1 Å². The molecule has 7 heteroatoms. The number of hydrogen-bond donors (Lipinski definition) is 0. The van der Waals surface area contributed by atoms with E-state index in [9.17, 15) is 9.59 Å². The highest BCUT2D eigenvalue weighted by atomic mass is 32.1. The summed E-state index contributed by atoms with van der Waals surface area (Å²) in [6, 6.07) is 8.96. The summed E-state index contributed by atoms with van der Waals surface area (Å²) in [5.74, 6) is -0.598. The lowest BCUT2D eigenvalue weighted by Gasteiger charge is -2.04. The van der Waals surface area contributed by atoms with Gasteiger partial charge in [-0.25, -0.2) is 9.48 Å². The van der Waals surface area contributed by atoms with E-state index < -0.39 is 5.97 Å². The van der Waals surface area contributed by atoms with Gasteiger partial charge in [0.1, 0.15) is 10.6 Å². The van der Waals surface area contributed by atoms with Crippen LogP contribution in [0.5, 0.6) is 0 Å². The zero-order chi connectivity index (χ0) is 17.1. The van der Waals surface area contributed by atoms with Crippen LogP contribution in [-0.4, -0.2) is 33.4 Å². The van der Waals surface area contributed by atoms with Gasteiger partial charge in [-0.15, -0.1) is 16.4 Å². The number of hydrogen-bond acceptors (Lipinski definition) is 6. The molecule has 0 fully saturated rings. The third-order valence-electron chi connectivity index (χ3n) is 3.48. The van der Waals surface area contributed by atoms with Crippen LogP contribution in [0, 0.1) is 6.92 Å². The Kier molecular flexibility index (Phi) is 4.52. The Bertz CT molecular complexity index is 870. The average Bonchev–Trinajstić information content (AvgIpc) is 3.23. The highest BCUT2D eigenvalue weighted by Crippen LogP contribution is 2.33. The molecule has 6 nitrogen and oxygen atoms in total. The third-order valence-corrected chi connectivity index (χ3v) is 4.76. The second-order valence-electron chi connectivity index (χ2n) is 5.00. The van der Waals surface area contributed by atoms with Crippen molar-refractivity contribution in [2.45, 2.75) is 13.8 Å². The number of thiophene rings is 1. The van der Waals surface area contributed by atoms with E-state index in [1.807, 2.05) is 6.07 Å². The summed E-state index contributed by atoms with van der Waals surface area (Å²) >= 11 is 1.21. The Morgan fingerprint density at radius 3 is 2.62 bits per heavy atom. The number of carbonyl (C=O) groups excluding carboxylic acids is 2. The highest BCUT2D eigenvalue weighted by molar-refractivity contribution is 7.17. The largest absolute Gasteiger partial charge is 0.462 e. The van der Waals surface area contributed by atoms with Gasteiger partial charge in [0, 0.05) is 5.56 Å². The van der Waals surface area contributed by atoms with Gasteiger partial charge >= 0.3 is 5.97 Å². The fourth-order valence-electron chi connectivity index (χ4n) is 2.36. The Hall–Kier alpha value is -2.80. The molecule has 0 amide bonds. The highest BCUT2D eigenvalue weighted by Gasteiger charge is 2.27. The Morgan fingerprint density at radius 1 is 1.25 bits per heavy atom. The van der Waals surface area contributed by atoms with Gasteiger partial charge in [-0.2, -0.15) is 0 Å². The Labute approximate surface area is 142 Å². The van der Waals surface area contributed by atoms with Crippen molar-refractivity contribution in [1.29, 1.82) is 0 Å². The van der Waals surface area contributed by atoms with Gasteiger partial charge in [-0.3, -0.25) is 4.79 Å². The first-order chi connectivity index (χ1) is 11.6. The van der Waals surface area contributed by atoms with Gasteiger partial charge in [0.2, 0.25) is 5.78 Å². The molecule has 0 bridgehead atoms. The molecular formula is C17H15N3O3S. The van der Waals surface area contributed by atoms with Crippen LogP contribution in [0.4, 0.5) is 0 Å². The molecular weight excluding hydrogens is 326 g/mol. The van der Waals surface area contributed by atoms with Gasteiger partial charge in [-0.1, -0.05) is 35.5 Å². The van der Waals surface area contributed by atoms with Gasteiger partial charge in [0.05, 0.1) is 23.9 Å². The summed E-state index contributed by atoms with van der Waals surface area (Å²) in [5.41, 5.74) is 1.52. The van der Waals surface area contributed by atoms with E-state index in [4.69, 9.17) is 4.74 Å². The van der Waals surface area contributed by atoms with Crippen LogP contribution in [0.15, 0.2) is 42.7 Å². The second kappa shape index (κ2) is 6.76. The second-order valence-corrected chi connectivity index (χ2v) is 6.00. The first-order valence-corrected chi connectivity index (χ1v) is 8.22. The predicted molar refractivity (Wildman–Crippen MR) is 89.8 cm³/mol. The molecule has 24 heavy (non-hydrogen) atoms. The summed E-state index contributed by atoms with van der Waals surface area (Å²) in [4.78, 5) is 25.7. The van der Waals surface area contributed by atoms with Crippen molar-refractivity contribution in [2.24, 2.45) is 0 Å². The summed E-state index contributed by atoms with van der Waals surface area (Å²) in [6.45, 7) is 3.75. The third kappa shape index (κ3) is 2.85. The minimum absolute atomic E-state index is 0.130. The molecule has 0 unspecified atom stereocenters. The Morgan fingerprint density at radius 2 is 2.00 bits per heavy atom. The van der Waals surface area contributed by atoms with Crippen molar-refractivity contribution in [2.75, 3.05) is 6.61 Å². The van der Waals surface area contributed by atoms with E-state index in [0.717, 1.165) is 0 Å². The molecule has 1 aromatic carbocycles. The van der Waals surface area contributed by atoms with Crippen LogP contribution in [0.2, 0.25) is 0 Å². The van der Waals surface area contributed by atoms with Crippen LogP contribution in [0.25, 0.3) is 5.00 Å². The van der Waals surface area contributed by atoms with E-state index in [1.165, 1.54) is 22.2 Å². The molecule has 0 atom stereocenters. The zero-order valence-corrected chi connectivity index (χ0v) is 14.0. The Balaban J connectivity index is 2.13. The quantitative estimate of drug-likeness (QED) is 0.527. The summed E-state index contributed by atoms with van der Waals surface area (Å²) in [5, 5.41) is 8.23. The zero-order valence-electron chi connectivity index (χ0n) is 13.2. The van der Waals surface area contributed by atoms with Crippen LogP contribution < -0.4 is 0 Å². The number of ketones is 1.